The molecule has 2 fully saturated rings. The van der Waals surface area contributed by atoms with Crippen LogP contribution < -0.4 is 0 Å². The summed E-state index contributed by atoms with van der Waals surface area (Å²) in [5, 5.41) is 0. The lowest BCUT2D eigenvalue weighted by Crippen LogP contribution is -2.35. The van der Waals surface area contributed by atoms with E-state index in [0.29, 0.717) is 0 Å². The van der Waals surface area contributed by atoms with E-state index in [-0.39, 0.29) is 0 Å². The smallest absolute Gasteiger partial charge is 0.0122 e. The van der Waals surface area contributed by atoms with Gasteiger partial charge in [-0.25, -0.2) is 0 Å². The summed E-state index contributed by atoms with van der Waals surface area (Å²) in [4.78, 5) is 2.58. The lowest BCUT2D eigenvalue weighted by molar-refractivity contribution is 0.169. The Morgan fingerprint density at radius 1 is 1.25 bits per heavy atom. The van der Waals surface area contributed by atoms with E-state index in [4.69, 9.17) is 0 Å². The minimum Gasteiger partial charge on any atom is -0.298 e. The van der Waals surface area contributed by atoms with E-state index in [9.17, 15) is 0 Å². The molecule has 1 aliphatic heterocycles. The van der Waals surface area contributed by atoms with Gasteiger partial charge in [-0.15, -0.1) is 0 Å². The standard InChI is InChI=1S/C7H13N/c1-6-2-3-7(6)8-4-5-8/h6-7H,2-5H2,1H3. The molecule has 0 N–H and O–H groups in total. The molecule has 0 aromatic carbocycles. The summed E-state index contributed by atoms with van der Waals surface area (Å²) < 4.78 is 0. The molecule has 2 atom stereocenters. The topological polar surface area (TPSA) is 3.01 Å². The fourth-order valence-corrected chi connectivity index (χ4v) is 1.58. The van der Waals surface area contributed by atoms with Gasteiger partial charge in [0.2, 0.25) is 0 Å². The second-order valence-electron chi connectivity index (χ2n) is 3.16. The zero-order valence-corrected chi connectivity index (χ0v) is 5.43. The third-order valence-electron chi connectivity index (χ3n) is 2.53. The highest BCUT2D eigenvalue weighted by molar-refractivity contribution is 4.92. The molecule has 0 radical (unpaired) electrons. The summed E-state index contributed by atoms with van der Waals surface area (Å²) in [6, 6.07) is 0.995. The van der Waals surface area contributed by atoms with Gasteiger partial charge in [0.05, 0.1) is 0 Å². The predicted octanol–water partition coefficient (Wildman–Crippen LogP) is 1.10. The normalized spacial score (nSPS) is 46.1. The van der Waals surface area contributed by atoms with E-state index < -0.39 is 0 Å². The summed E-state index contributed by atoms with van der Waals surface area (Å²) in [6.45, 7) is 5.14. The Hall–Kier alpha value is -0.0400. The molecule has 1 saturated carbocycles. The van der Waals surface area contributed by atoms with Crippen LogP contribution in [0.1, 0.15) is 19.8 Å². The van der Waals surface area contributed by atoms with Crippen LogP contribution in [0.4, 0.5) is 0 Å². The maximum atomic E-state index is 2.58. The van der Waals surface area contributed by atoms with Crippen LogP contribution in [0.3, 0.4) is 0 Å². The van der Waals surface area contributed by atoms with Crippen molar-refractivity contribution < 1.29 is 0 Å². The lowest BCUT2D eigenvalue weighted by atomic mass is 9.81. The summed E-state index contributed by atoms with van der Waals surface area (Å²) in [7, 11) is 0. The van der Waals surface area contributed by atoms with Crippen LogP contribution in [0.25, 0.3) is 0 Å². The summed E-state index contributed by atoms with van der Waals surface area (Å²) in [6.07, 6.45) is 2.95. The third-order valence-corrected chi connectivity index (χ3v) is 2.53. The fraction of sp³-hybridized carbons (Fsp3) is 1.00. The zero-order chi connectivity index (χ0) is 5.56. The van der Waals surface area contributed by atoms with Gasteiger partial charge in [0.1, 0.15) is 0 Å². The van der Waals surface area contributed by atoms with Gasteiger partial charge in [-0.2, -0.15) is 0 Å². The molecule has 8 heavy (non-hydrogen) atoms. The first-order valence-corrected chi connectivity index (χ1v) is 3.62. The van der Waals surface area contributed by atoms with E-state index >= 15 is 0 Å². The fourth-order valence-electron chi connectivity index (χ4n) is 1.58. The quantitative estimate of drug-likeness (QED) is 0.458. The van der Waals surface area contributed by atoms with E-state index in [0.717, 1.165) is 12.0 Å². The van der Waals surface area contributed by atoms with Crippen LogP contribution in [-0.4, -0.2) is 24.0 Å². The van der Waals surface area contributed by atoms with Crippen molar-refractivity contribution in [3.8, 4) is 0 Å². The van der Waals surface area contributed by atoms with Gasteiger partial charge >= 0.3 is 0 Å². The Bertz CT molecular complexity index is 94.6. The molecule has 1 heteroatoms. The van der Waals surface area contributed by atoms with Crippen molar-refractivity contribution in [2.45, 2.75) is 25.8 Å². The molecule has 2 rings (SSSR count). The van der Waals surface area contributed by atoms with Crippen molar-refractivity contribution in [2.24, 2.45) is 5.92 Å². The maximum absolute atomic E-state index is 2.58. The van der Waals surface area contributed by atoms with E-state index in [1.807, 2.05) is 0 Å². The molecule has 2 aliphatic rings. The van der Waals surface area contributed by atoms with Gasteiger partial charge in [0.25, 0.3) is 0 Å². The molecule has 0 aromatic rings. The van der Waals surface area contributed by atoms with Crippen molar-refractivity contribution in [3.05, 3.63) is 0 Å². The molecule has 0 aromatic heterocycles. The molecule has 1 nitrogen and oxygen atoms in total. The first-order valence-electron chi connectivity index (χ1n) is 3.62. The second kappa shape index (κ2) is 1.47. The average molecular weight is 111 g/mol. The Kier molecular flexibility index (Phi) is 0.884. The van der Waals surface area contributed by atoms with Gasteiger partial charge < -0.3 is 0 Å². The van der Waals surface area contributed by atoms with Gasteiger partial charge in [0, 0.05) is 19.1 Å². The summed E-state index contributed by atoms with van der Waals surface area (Å²) in [5.41, 5.74) is 0. The van der Waals surface area contributed by atoms with Gasteiger partial charge in [0.15, 0.2) is 0 Å². The van der Waals surface area contributed by atoms with Gasteiger partial charge in [-0.3, -0.25) is 4.90 Å². The Labute approximate surface area is 50.7 Å². The van der Waals surface area contributed by atoms with E-state index in [1.165, 1.54) is 25.9 Å². The van der Waals surface area contributed by atoms with Gasteiger partial charge in [-0.1, -0.05) is 6.92 Å². The monoisotopic (exact) mass is 111 g/mol. The van der Waals surface area contributed by atoms with E-state index in [2.05, 4.69) is 11.8 Å². The number of rotatable bonds is 1. The van der Waals surface area contributed by atoms with Crippen molar-refractivity contribution >= 4 is 0 Å². The van der Waals surface area contributed by atoms with Crippen LogP contribution in [0.5, 0.6) is 0 Å². The SMILES string of the molecule is CC1CCC1N1CC1. The van der Waals surface area contributed by atoms with Crippen LogP contribution in [0.15, 0.2) is 0 Å². The number of hydrogen-bond donors (Lipinski definition) is 0. The Morgan fingerprint density at radius 2 is 2.00 bits per heavy atom. The van der Waals surface area contributed by atoms with Crippen LogP contribution in [-0.2, 0) is 0 Å². The maximum Gasteiger partial charge on any atom is 0.0122 e. The predicted molar refractivity (Wildman–Crippen MR) is 33.8 cm³/mol. The number of hydrogen-bond acceptors (Lipinski definition) is 1. The van der Waals surface area contributed by atoms with Crippen molar-refractivity contribution in [1.82, 2.24) is 4.90 Å². The minimum atomic E-state index is 0.995. The first-order chi connectivity index (χ1) is 3.88. The molecule has 1 saturated heterocycles. The van der Waals surface area contributed by atoms with Crippen molar-refractivity contribution in [2.75, 3.05) is 13.1 Å². The molecule has 0 amide bonds. The molecule has 46 valence electrons. The summed E-state index contributed by atoms with van der Waals surface area (Å²) >= 11 is 0. The first kappa shape index (κ1) is 4.80. The molecule has 0 bridgehead atoms. The lowest BCUT2D eigenvalue weighted by Gasteiger charge is -2.34. The summed E-state index contributed by atoms with van der Waals surface area (Å²) in [5.74, 6) is 1.01. The highest BCUT2D eigenvalue weighted by atomic mass is 15.3. The molecular weight excluding hydrogens is 98.1 g/mol. The molecule has 1 aliphatic carbocycles. The highest BCUT2D eigenvalue weighted by Crippen LogP contribution is 2.34. The largest absolute Gasteiger partial charge is 0.298 e. The van der Waals surface area contributed by atoms with E-state index in [1.54, 1.807) is 0 Å². The van der Waals surface area contributed by atoms with Crippen LogP contribution >= 0.6 is 0 Å². The Balaban J connectivity index is 1.87. The molecule has 2 unspecified atom stereocenters. The zero-order valence-electron chi connectivity index (χ0n) is 5.43. The van der Waals surface area contributed by atoms with Crippen LogP contribution in [0.2, 0.25) is 0 Å². The van der Waals surface area contributed by atoms with Crippen molar-refractivity contribution in [1.29, 1.82) is 0 Å². The minimum absolute atomic E-state index is 0.995. The molecule has 1 heterocycles. The van der Waals surface area contributed by atoms with Gasteiger partial charge in [-0.05, 0) is 18.8 Å². The molecular formula is C7H13N. The number of nitrogens with zero attached hydrogens (tertiary/aromatic N) is 1. The third kappa shape index (κ3) is 0.576. The Morgan fingerprint density at radius 3 is 2.12 bits per heavy atom. The highest BCUT2D eigenvalue weighted by Gasteiger charge is 2.36. The van der Waals surface area contributed by atoms with Crippen molar-refractivity contribution in [3.63, 3.8) is 0 Å². The van der Waals surface area contributed by atoms with Crippen LogP contribution in [0, 0.1) is 5.92 Å². The average Bonchev–Trinajstić information content (AvgIpc) is 2.46. The molecule has 0 spiro atoms. The second-order valence-corrected chi connectivity index (χ2v) is 3.16.